The highest BCUT2D eigenvalue weighted by molar-refractivity contribution is 5.97. The summed E-state index contributed by atoms with van der Waals surface area (Å²) in [5, 5.41) is 2.28. The molecule has 1 N–H and O–H groups in total. The first-order chi connectivity index (χ1) is 7.56. The quantitative estimate of drug-likeness (QED) is 0.782. The average Bonchev–Trinajstić information content (AvgIpc) is 2.25. The van der Waals surface area contributed by atoms with Gasteiger partial charge in [-0.1, -0.05) is 12.1 Å². The summed E-state index contributed by atoms with van der Waals surface area (Å²) in [6, 6.07) is 4.33. The zero-order chi connectivity index (χ0) is 12.1. The van der Waals surface area contributed by atoms with Gasteiger partial charge >= 0.3 is 5.97 Å². The van der Waals surface area contributed by atoms with Gasteiger partial charge in [0.05, 0.1) is 12.7 Å². The Bertz CT molecular complexity index is 397. The lowest BCUT2D eigenvalue weighted by Crippen LogP contribution is -2.31. The molecular formula is C11H12FNO3. The van der Waals surface area contributed by atoms with Crippen molar-refractivity contribution in [1.82, 2.24) is 5.32 Å². The van der Waals surface area contributed by atoms with E-state index in [9.17, 15) is 14.0 Å². The molecule has 0 heterocycles. The van der Waals surface area contributed by atoms with Crippen LogP contribution in [0.15, 0.2) is 18.2 Å². The standard InChI is InChI=1S/C11H12FNO3/c1-7-4-3-5-8(12)10(7)11(15)13-6-9(14)16-2/h3-5H,6H2,1-2H3,(H,13,15). The maximum absolute atomic E-state index is 13.3. The normalized spacial score (nSPS) is 9.69. The van der Waals surface area contributed by atoms with Crippen LogP contribution in [-0.2, 0) is 9.53 Å². The number of rotatable bonds is 3. The fourth-order valence-electron chi connectivity index (χ4n) is 1.23. The van der Waals surface area contributed by atoms with Gasteiger partial charge in [0, 0.05) is 0 Å². The second kappa shape index (κ2) is 5.25. The van der Waals surface area contributed by atoms with Crippen LogP contribution in [0, 0.1) is 12.7 Å². The molecule has 0 spiro atoms. The number of nitrogens with one attached hydrogen (secondary N) is 1. The molecule has 0 aliphatic carbocycles. The number of hydrogen-bond donors (Lipinski definition) is 1. The maximum atomic E-state index is 13.3. The molecular weight excluding hydrogens is 213 g/mol. The van der Waals surface area contributed by atoms with Gasteiger partial charge in [0.1, 0.15) is 12.4 Å². The lowest BCUT2D eigenvalue weighted by atomic mass is 10.1. The Kier molecular flexibility index (Phi) is 3.99. The van der Waals surface area contributed by atoms with Crippen LogP contribution < -0.4 is 5.32 Å². The number of halogens is 1. The minimum atomic E-state index is -0.624. The topological polar surface area (TPSA) is 55.4 Å². The zero-order valence-electron chi connectivity index (χ0n) is 9.04. The number of aryl methyl sites for hydroxylation is 1. The molecule has 0 fully saturated rings. The zero-order valence-corrected chi connectivity index (χ0v) is 9.04. The number of esters is 1. The molecule has 16 heavy (non-hydrogen) atoms. The third-order valence-electron chi connectivity index (χ3n) is 2.07. The molecule has 5 heteroatoms. The molecule has 4 nitrogen and oxygen atoms in total. The van der Waals surface area contributed by atoms with E-state index in [4.69, 9.17) is 0 Å². The van der Waals surface area contributed by atoms with Crippen molar-refractivity contribution in [3.63, 3.8) is 0 Å². The molecule has 1 aromatic rings. The summed E-state index contributed by atoms with van der Waals surface area (Å²) in [6.45, 7) is 1.35. The number of ether oxygens (including phenoxy) is 1. The third-order valence-corrected chi connectivity index (χ3v) is 2.07. The highest BCUT2D eigenvalue weighted by atomic mass is 19.1. The predicted molar refractivity (Wildman–Crippen MR) is 55.5 cm³/mol. The van der Waals surface area contributed by atoms with Gasteiger partial charge in [0.25, 0.3) is 5.91 Å². The Balaban J connectivity index is 2.77. The van der Waals surface area contributed by atoms with Crippen molar-refractivity contribution in [2.24, 2.45) is 0 Å². The minimum absolute atomic E-state index is 0.0496. The molecule has 0 radical (unpaired) electrons. The SMILES string of the molecule is COC(=O)CNC(=O)c1c(C)cccc1F. The fourth-order valence-corrected chi connectivity index (χ4v) is 1.23. The molecule has 0 aliphatic rings. The second-order valence-corrected chi connectivity index (χ2v) is 3.19. The van der Waals surface area contributed by atoms with Crippen LogP contribution in [0.25, 0.3) is 0 Å². The molecule has 0 bridgehead atoms. The molecule has 0 saturated heterocycles. The van der Waals surface area contributed by atoms with Crippen molar-refractivity contribution in [2.75, 3.05) is 13.7 Å². The highest BCUT2D eigenvalue weighted by Gasteiger charge is 2.14. The van der Waals surface area contributed by atoms with Crippen molar-refractivity contribution < 1.29 is 18.7 Å². The van der Waals surface area contributed by atoms with Gasteiger partial charge in [-0.15, -0.1) is 0 Å². The number of hydrogen-bond acceptors (Lipinski definition) is 3. The summed E-state index contributed by atoms with van der Waals surface area (Å²) in [7, 11) is 1.21. The van der Waals surface area contributed by atoms with Gasteiger partial charge in [-0.25, -0.2) is 4.39 Å². The molecule has 1 amide bonds. The predicted octanol–water partition coefficient (Wildman–Crippen LogP) is 1.04. The molecule has 0 unspecified atom stereocenters. The summed E-state index contributed by atoms with van der Waals surface area (Å²) in [4.78, 5) is 22.3. The first-order valence-corrected chi connectivity index (χ1v) is 4.66. The number of amides is 1. The Morgan fingerprint density at radius 3 is 2.69 bits per heavy atom. The van der Waals surface area contributed by atoms with Gasteiger partial charge in [0.2, 0.25) is 0 Å². The van der Waals surface area contributed by atoms with Crippen LogP contribution in [0.1, 0.15) is 15.9 Å². The molecule has 0 atom stereocenters. The first kappa shape index (κ1) is 12.2. The number of methoxy groups -OCH3 is 1. The second-order valence-electron chi connectivity index (χ2n) is 3.19. The first-order valence-electron chi connectivity index (χ1n) is 4.66. The van der Waals surface area contributed by atoms with Crippen molar-refractivity contribution in [3.8, 4) is 0 Å². The molecule has 0 saturated carbocycles. The lowest BCUT2D eigenvalue weighted by Gasteiger charge is -2.07. The van der Waals surface area contributed by atoms with E-state index in [0.717, 1.165) is 0 Å². The summed E-state index contributed by atoms with van der Waals surface area (Å²) in [6.07, 6.45) is 0. The minimum Gasteiger partial charge on any atom is -0.468 e. The molecule has 0 aromatic heterocycles. The van der Waals surface area contributed by atoms with Crippen LogP contribution in [0.3, 0.4) is 0 Å². The molecule has 1 aromatic carbocycles. The highest BCUT2D eigenvalue weighted by Crippen LogP contribution is 2.11. The van der Waals surface area contributed by atoms with Gasteiger partial charge in [-0.2, -0.15) is 0 Å². The van der Waals surface area contributed by atoms with Crippen molar-refractivity contribution in [1.29, 1.82) is 0 Å². The van der Waals surface area contributed by atoms with Crippen LogP contribution in [-0.4, -0.2) is 25.5 Å². The van der Waals surface area contributed by atoms with Gasteiger partial charge in [0.15, 0.2) is 0 Å². The van der Waals surface area contributed by atoms with E-state index >= 15 is 0 Å². The maximum Gasteiger partial charge on any atom is 0.325 e. The van der Waals surface area contributed by atoms with E-state index in [-0.39, 0.29) is 12.1 Å². The monoisotopic (exact) mass is 225 g/mol. The largest absolute Gasteiger partial charge is 0.468 e. The number of carbonyl (C=O) groups is 2. The van der Waals surface area contributed by atoms with Crippen molar-refractivity contribution >= 4 is 11.9 Å². The van der Waals surface area contributed by atoms with Gasteiger partial charge in [-0.3, -0.25) is 9.59 Å². The fraction of sp³-hybridized carbons (Fsp3) is 0.273. The van der Waals surface area contributed by atoms with E-state index < -0.39 is 17.7 Å². The Hall–Kier alpha value is -1.91. The Labute approximate surface area is 92.4 Å². The summed E-state index contributed by atoms with van der Waals surface area (Å²) in [5.41, 5.74) is 0.466. The van der Waals surface area contributed by atoms with E-state index in [1.165, 1.54) is 19.2 Å². The molecule has 1 rings (SSSR count). The number of benzene rings is 1. The smallest absolute Gasteiger partial charge is 0.325 e. The summed E-state index contributed by atoms with van der Waals surface area (Å²) >= 11 is 0. The Morgan fingerprint density at radius 1 is 1.44 bits per heavy atom. The van der Waals surface area contributed by atoms with Crippen molar-refractivity contribution in [3.05, 3.63) is 35.1 Å². The van der Waals surface area contributed by atoms with E-state index in [1.54, 1.807) is 13.0 Å². The summed E-state index contributed by atoms with van der Waals surface area (Å²) in [5.74, 6) is -1.81. The van der Waals surface area contributed by atoms with E-state index in [2.05, 4.69) is 10.1 Å². The van der Waals surface area contributed by atoms with Gasteiger partial charge < -0.3 is 10.1 Å². The van der Waals surface area contributed by atoms with E-state index in [0.29, 0.717) is 5.56 Å². The van der Waals surface area contributed by atoms with Crippen molar-refractivity contribution in [2.45, 2.75) is 6.92 Å². The molecule has 86 valence electrons. The molecule has 0 aliphatic heterocycles. The van der Waals surface area contributed by atoms with E-state index in [1.807, 2.05) is 0 Å². The third kappa shape index (κ3) is 2.79. The van der Waals surface area contributed by atoms with Gasteiger partial charge in [-0.05, 0) is 18.6 Å². The summed E-state index contributed by atoms with van der Waals surface area (Å²) < 4.78 is 17.7. The Morgan fingerprint density at radius 2 is 2.12 bits per heavy atom. The number of carbonyl (C=O) groups excluding carboxylic acids is 2. The van der Waals surface area contributed by atoms with Crippen LogP contribution in [0.5, 0.6) is 0 Å². The average molecular weight is 225 g/mol. The van der Waals surface area contributed by atoms with Crippen LogP contribution in [0.2, 0.25) is 0 Å². The van der Waals surface area contributed by atoms with Crippen LogP contribution >= 0.6 is 0 Å². The van der Waals surface area contributed by atoms with Crippen LogP contribution in [0.4, 0.5) is 4.39 Å². The lowest BCUT2D eigenvalue weighted by molar-refractivity contribution is -0.139.